The van der Waals surface area contributed by atoms with Gasteiger partial charge in [-0.2, -0.15) is 0 Å². The molecule has 0 amide bonds. The van der Waals surface area contributed by atoms with Crippen molar-refractivity contribution in [2.24, 2.45) is 0 Å². The van der Waals surface area contributed by atoms with Gasteiger partial charge in [-0.05, 0) is 6.08 Å². The Kier molecular flexibility index (Phi) is 3.81. The maximum atomic E-state index is 11.3. The van der Waals surface area contributed by atoms with Crippen LogP contribution in [0.4, 0.5) is 0 Å². The summed E-state index contributed by atoms with van der Waals surface area (Å²) in [4.78, 5) is 11.3. The third-order valence-electron chi connectivity index (χ3n) is 2.34. The Morgan fingerprint density at radius 2 is 1.87 bits per heavy atom. The van der Waals surface area contributed by atoms with Gasteiger partial charge < -0.3 is 24.8 Å². The predicted molar refractivity (Wildman–Crippen MR) is 48.9 cm³/mol. The van der Waals surface area contributed by atoms with E-state index in [-0.39, 0.29) is 5.57 Å². The van der Waals surface area contributed by atoms with Crippen LogP contribution >= 0.6 is 0 Å². The number of hydrogen-bond donors (Lipinski definition) is 3. The van der Waals surface area contributed by atoms with Crippen molar-refractivity contribution < 1.29 is 29.6 Å². The Balaban J connectivity index is 3.01. The van der Waals surface area contributed by atoms with Crippen LogP contribution in [0.15, 0.2) is 11.6 Å². The summed E-state index contributed by atoms with van der Waals surface area (Å²) in [6, 6.07) is 0. The standard InChI is InChI=1S/C9H14O6/c1-14-8-4(9(13)15-2)3-5(10)6(11)7(8)12/h3,5-8,10-12H,1-2H3/t5-,6-,7-,8-/m0/s1. The second kappa shape index (κ2) is 4.71. The number of aliphatic hydroxyl groups excluding tert-OH is 3. The molecule has 0 radical (unpaired) electrons. The summed E-state index contributed by atoms with van der Waals surface area (Å²) in [6.07, 6.45) is -3.90. The van der Waals surface area contributed by atoms with Crippen LogP contribution in [0, 0.1) is 0 Å². The van der Waals surface area contributed by atoms with Crippen molar-refractivity contribution in [1.29, 1.82) is 0 Å². The number of carbonyl (C=O) groups is 1. The van der Waals surface area contributed by atoms with E-state index in [1.807, 2.05) is 0 Å². The first kappa shape index (κ1) is 12.1. The van der Waals surface area contributed by atoms with Gasteiger partial charge in [-0.15, -0.1) is 0 Å². The van der Waals surface area contributed by atoms with Crippen molar-refractivity contribution in [3.05, 3.63) is 11.6 Å². The first-order valence-electron chi connectivity index (χ1n) is 4.40. The van der Waals surface area contributed by atoms with Crippen LogP contribution in [0.25, 0.3) is 0 Å². The summed E-state index contributed by atoms with van der Waals surface area (Å²) in [5.74, 6) is -0.702. The van der Waals surface area contributed by atoms with Crippen LogP contribution in [0.5, 0.6) is 0 Å². The van der Waals surface area contributed by atoms with E-state index in [0.717, 1.165) is 6.08 Å². The zero-order chi connectivity index (χ0) is 11.6. The minimum Gasteiger partial charge on any atom is -0.466 e. The molecule has 0 aromatic carbocycles. The highest BCUT2D eigenvalue weighted by Gasteiger charge is 2.40. The first-order valence-corrected chi connectivity index (χ1v) is 4.40. The summed E-state index contributed by atoms with van der Waals surface area (Å²) < 4.78 is 9.33. The number of esters is 1. The second-order valence-electron chi connectivity index (χ2n) is 3.24. The van der Waals surface area contributed by atoms with Crippen molar-refractivity contribution in [3.63, 3.8) is 0 Å². The molecular formula is C9H14O6. The van der Waals surface area contributed by atoms with Crippen LogP contribution < -0.4 is 0 Å². The fraction of sp³-hybridized carbons (Fsp3) is 0.667. The molecule has 0 unspecified atom stereocenters. The zero-order valence-electron chi connectivity index (χ0n) is 8.45. The number of hydrogen-bond acceptors (Lipinski definition) is 6. The molecule has 0 aromatic rings. The Labute approximate surface area is 86.7 Å². The number of rotatable bonds is 2. The molecule has 0 aromatic heterocycles. The lowest BCUT2D eigenvalue weighted by Gasteiger charge is -2.33. The molecule has 0 heterocycles. The molecule has 15 heavy (non-hydrogen) atoms. The SMILES string of the molecule is COC(=O)C1=C[C@H](O)[C@H](O)[C@H](O)[C@H]1OC. The maximum absolute atomic E-state index is 11.3. The van der Waals surface area contributed by atoms with Crippen molar-refractivity contribution in [1.82, 2.24) is 0 Å². The van der Waals surface area contributed by atoms with Crippen LogP contribution in [0.2, 0.25) is 0 Å². The van der Waals surface area contributed by atoms with E-state index in [1.165, 1.54) is 14.2 Å². The summed E-state index contributed by atoms with van der Waals surface area (Å²) in [5.41, 5.74) is 0.00491. The molecular weight excluding hydrogens is 204 g/mol. The van der Waals surface area contributed by atoms with Crippen molar-refractivity contribution in [2.75, 3.05) is 14.2 Å². The van der Waals surface area contributed by atoms with E-state index in [0.29, 0.717) is 0 Å². The maximum Gasteiger partial charge on any atom is 0.336 e. The van der Waals surface area contributed by atoms with Gasteiger partial charge in [0.15, 0.2) is 0 Å². The van der Waals surface area contributed by atoms with Gasteiger partial charge in [-0.1, -0.05) is 0 Å². The van der Waals surface area contributed by atoms with Gasteiger partial charge in [-0.25, -0.2) is 4.79 Å². The minimum atomic E-state index is -1.37. The minimum absolute atomic E-state index is 0.00491. The Morgan fingerprint density at radius 1 is 1.27 bits per heavy atom. The Hall–Kier alpha value is -0.950. The van der Waals surface area contributed by atoms with E-state index < -0.39 is 30.4 Å². The van der Waals surface area contributed by atoms with Crippen LogP contribution in [0.1, 0.15) is 0 Å². The van der Waals surface area contributed by atoms with E-state index in [9.17, 15) is 20.1 Å². The smallest absolute Gasteiger partial charge is 0.336 e. The first-order chi connectivity index (χ1) is 7.02. The molecule has 1 aliphatic rings. The summed E-state index contributed by atoms with van der Waals surface area (Å²) >= 11 is 0. The summed E-state index contributed by atoms with van der Waals surface area (Å²) in [7, 11) is 2.47. The monoisotopic (exact) mass is 218 g/mol. The fourth-order valence-electron chi connectivity index (χ4n) is 1.51. The fourth-order valence-corrected chi connectivity index (χ4v) is 1.51. The summed E-state index contributed by atoms with van der Waals surface area (Å²) in [6.45, 7) is 0. The number of ether oxygens (including phenoxy) is 2. The zero-order valence-corrected chi connectivity index (χ0v) is 8.45. The molecule has 6 heteroatoms. The predicted octanol–water partition coefficient (Wildman–Crippen LogP) is -1.80. The topological polar surface area (TPSA) is 96.2 Å². The molecule has 4 atom stereocenters. The molecule has 0 aliphatic heterocycles. The third kappa shape index (κ3) is 2.18. The van der Waals surface area contributed by atoms with Crippen molar-refractivity contribution in [2.45, 2.75) is 24.4 Å². The molecule has 1 rings (SSSR count). The number of aliphatic hydroxyl groups is 3. The molecule has 86 valence electrons. The largest absolute Gasteiger partial charge is 0.466 e. The normalized spacial score (nSPS) is 35.9. The quantitative estimate of drug-likeness (QED) is 0.473. The Bertz CT molecular complexity index is 274. The molecule has 0 saturated heterocycles. The highest BCUT2D eigenvalue weighted by molar-refractivity contribution is 5.90. The van der Waals surface area contributed by atoms with Crippen LogP contribution in [-0.2, 0) is 14.3 Å². The van der Waals surface area contributed by atoms with Gasteiger partial charge in [0.1, 0.15) is 24.4 Å². The molecule has 3 N–H and O–H groups in total. The molecule has 0 bridgehead atoms. The molecule has 0 spiro atoms. The highest BCUT2D eigenvalue weighted by atomic mass is 16.5. The van der Waals surface area contributed by atoms with Gasteiger partial charge in [0.25, 0.3) is 0 Å². The lowest BCUT2D eigenvalue weighted by molar-refractivity contribution is -0.143. The van der Waals surface area contributed by atoms with Gasteiger partial charge in [0.05, 0.1) is 12.7 Å². The van der Waals surface area contributed by atoms with E-state index >= 15 is 0 Å². The number of carbonyl (C=O) groups excluding carboxylic acids is 1. The molecule has 0 fully saturated rings. The van der Waals surface area contributed by atoms with Crippen molar-refractivity contribution in [3.8, 4) is 0 Å². The Morgan fingerprint density at radius 3 is 2.33 bits per heavy atom. The van der Waals surface area contributed by atoms with Gasteiger partial charge >= 0.3 is 5.97 Å². The molecule has 0 saturated carbocycles. The lowest BCUT2D eigenvalue weighted by atomic mass is 9.89. The van der Waals surface area contributed by atoms with Crippen LogP contribution in [0.3, 0.4) is 0 Å². The summed E-state index contributed by atoms with van der Waals surface area (Å²) in [5, 5.41) is 28.2. The van der Waals surface area contributed by atoms with Gasteiger partial charge in [0.2, 0.25) is 0 Å². The van der Waals surface area contributed by atoms with Crippen LogP contribution in [-0.4, -0.2) is 59.9 Å². The molecule has 1 aliphatic carbocycles. The van der Waals surface area contributed by atoms with Crippen molar-refractivity contribution >= 4 is 5.97 Å². The highest BCUT2D eigenvalue weighted by Crippen LogP contribution is 2.23. The van der Waals surface area contributed by atoms with E-state index in [4.69, 9.17) is 4.74 Å². The average Bonchev–Trinajstić information content (AvgIpc) is 2.24. The average molecular weight is 218 g/mol. The van der Waals surface area contributed by atoms with Gasteiger partial charge in [-0.3, -0.25) is 0 Å². The second-order valence-corrected chi connectivity index (χ2v) is 3.24. The van der Waals surface area contributed by atoms with E-state index in [1.54, 1.807) is 0 Å². The molecule has 6 nitrogen and oxygen atoms in total. The van der Waals surface area contributed by atoms with Gasteiger partial charge in [0, 0.05) is 7.11 Å². The lowest BCUT2D eigenvalue weighted by Crippen LogP contribution is -2.50. The van der Waals surface area contributed by atoms with E-state index in [2.05, 4.69) is 4.74 Å². The third-order valence-corrected chi connectivity index (χ3v) is 2.34. The number of methoxy groups -OCH3 is 2.